The van der Waals surface area contributed by atoms with Crippen molar-refractivity contribution in [2.24, 2.45) is 0 Å². The largest absolute Gasteiger partial charge is 0.454 e. The Kier molecular flexibility index (Phi) is 3.64. The summed E-state index contributed by atoms with van der Waals surface area (Å²) in [6.07, 6.45) is 0.702. The highest BCUT2D eigenvalue weighted by molar-refractivity contribution is 5.45. The zero-order valence-electron chi connectivity index (χ0n) is 9.40. The Morgan fingerprint density at radius 1 is 1.38 bits per heavy atom. The van der Waals surface area contributed by atoms with Gasteiger partial charge in [-0.3, -0.25) is 0 Å². The highest BCUT2D eigenvalue weighted by Gasteiger charge is 2.17. The molecule has 0 aromatic heterocycles. The first kappa shape index (κ1) is 11.2. The van der Waals surface area contributed by atoms with Gasteiger partial charge in [0, 0.05) is 12.6 Å². The fourth-order valence-corrected chi connectivity index (χ4v) is 1.89. The van der Waals surface area contributed by atoms with Gasteiger partial charge in [-0.1, -0.05) is 13.0 Å². The first-order valence-corrected chi connectivity index (χ1v) is 5.59. The van der Waals surface area contributed by atoms with Gasteiger partial charge >= 0.3 is 0 Å². The lowest BCUT2D eigenvalue weighted by Gasteiger charge is -2.17. The van der Waals surface area contributed by atoms with Crippen LogP contribution in [0.3, 0.4) is 0 Å². The molecule has 1 unspecified atom stereocenters. The number of rotatable bonds is 5. The van der Waals surface area contributed by atoms with Crippen LogP contribution in [-0.2, 0) is 0 Å². The fraction of sp³-hybridized carbons (Fsp3) is 0.500. The van der Waals surface area contributed by atoms with Crippen LogP contribution in [0.25, 0.3) is 0 Å². The fourth-order valence-electron chi connectivity index (χ4n) is 1.89. The quantitative estimate of drug-likeness (QED) is 0.793. The average molecular weight is 223 g/mol. The molecule has 16 heavy (non-hydrogen) atoms. The van der Waals surface area contributed by atoms with Gasteiger partial charge in [0.05, 0.1) is 0 Å². The van der Waals surface area contributed by atoms with Crippen LogP contribution in [0.2, 0.25) is 0 Å². The maximum absolute atomic E-state index is 9.02. The molecule has 4 heteroatoms. The number of hydrogen-bond donors (Lipinski definition) is 2. The summed E-state index contributed by atoms with van der Waals surface area (Å²) >= 11 is 0. The maximum Gasteiger partial charge on any atom is 0.231 e. The van der Waals surface area contributed by atoms with Gasteiger partial charge in [0.25, 0.3) is 0 Å². The minimum absolute atomic E-state index is 0.171. The van der Waals surface area contributed by atoms with E-state index in [9.17, 15) is 0 Å². The summed E-state index contributed by atoms with van der Waals surface area (Å²) in [5, 5.41) is 12.4. The highest BCUT2D eigenvalue weighted by Crippen LogP contribution is 2.34. The van der Waals surface area contributed by atoms with Crippen molar-refractivity contribution in [3.63, 3.8) is 0 Å². The molecule has 0 aliphatic carbocycles. The van der Waals surface area contributed by atoms with E-state index < -0.39 is 0 Å². The molecule has 0 radical (unpaired) electrons. The van der Waals surface area contributed by atoms with Crippen molar-refractivity contribution in [1.29, 1.82) is 0 Å². The number of hydrogen-bond acceptors (Lipinski definition) is 4. The van der Waals surface area contributed by atoms with Crippen molar-refractivity contribution in [1.82, 2.24) is 5.32 Å². The van der Waals surface area contributed by atoms with Crippen molar-refractivity contribution in [3.05, 3.63) is 23.8 Å². The monoisotopic (exact) mass is 223 g/mol. The second-order valence-electron chi connectivity index (χ2n) is 3.74. The number of nitrogens with one attached hydrogen (secondary N) is 1. The molecule has 1 heterocycles. The van der Waals surface area contributed by atoms with Crippen LogP contribution in [0.1, 0.15) is 24.9 Å². The Morgan fingerprint density at radius 2 is 2.19 bits per heavy atom. The summed E-state index contributed by atoms with van der Waals surface area (Å²) < 4.78 is 10.6. The number of ether oxygens (including phenoxy) is 2. The Labute approximate surface area is 95.2 Å². The lowest BCUT2D eigenvalue weighted by atomic mass is 10.0. The molecule has 0 bridgehead atoms. The predicted molar refractivity (Wildman–Crippen MR) is 60.7 cm³/mol. The second kappa shape index (κ2) is 5.18. The zero-order chi connectivity index (χ0) is 11.4. The molecule has 0 saturated carbocycles. The summed E-state index contributed by atoms with van der Waals surface area (Å²) in [6.45, 7) is 3.40. The molecule has 1 aliphatic rings. The minimum atomic E-state index is 0.171. The first-order valence-electron chi connectivity index (χ1n) is 5.59. The lowest BCUT2D eigenvalue weighted by Crippen LogP contribution is -2.21. The molecule has 1 aromatic rings. The Balaban J connectivity index is 2.17. The third-order valence-corrected chi connectivity index (χ3v) is 2.67. The molecule has 2 N–H and O–H groups in total. The number of fused-ring (bicyclic) bond motifs is 1. The minimum Gasteiger partial charge on any atom is -0.454 e. The molecular weight excluding hydrogens is 206 g/mol. The van der Waals surface area contributed by atoms with E-state index in [2.05, 4.69) is 12.2 Å². The smallest absolute Gasteiger partial charge is 0.231 e. The van der Waals surface area contributed by atoms with E-state index in [1.165, 1.54) is 0 Å². The van der Waals surface area contributed by atoms with E-state index in [-0.39, 0.29) is 12.6 Å². The topological polar surface area (TPSA) is 50.7 Å². The normalized spacial score (nSPS) is 15.1. The molecule has 4 nitrogen and oxygen atoms in total. The van der Waals surface area contributed by atoms with Crippen LogP contribution in [-0.4, -0.2) is 25.1 Å². The molecule has 0 fully saturated rings. The first-order chi connectivity index (χ1) is 7.85. The van der Waals surface area contributed by atoms with E-state index in [1.807, 2.05) is 18.2 Å². The molecule has 0 saturated heterocycles. The number of aliphatic hydroxyl groups excluding tert-OH is 1. The van der Waals surface area contributed by atoms with Gasteiger partial charge in [0.15, 0.2) is 11.5 Å². The van der Waals surface area contributed by atoms with Crippen molar-refractivity contribution in [2.45, 2.75) is 19.4 Å². The van der Waals surface area contributed by atoms with Crippen molar-refractivity contribution in [2.75, 3.05) is 19.9 Å². The van der Waals surface area contributed by atoms with Gasteiger partial charge in [0.2, 0.25) is 6.79 Å². The van der Waals surface area contributed by atoms with Crippen LogP contribution in [0.15, 0.2) is 18.2 Å². The van der Waals surface area contributed by atoms with Crippen molar-refractivity contribution < 1.29 is 14.6 Å². The van der Waals surface area contributed by atoms with Gasteiger partial charge in [0.1, 0.15) is 0 Å². The van der Waals surface area contributed by atoms with Gasteiger partial charge in [-0.25, -0.2) is 0 Å². The molecule has 2 rings (SSSR count). The number of benzene rings is 1. The second-order valence-corrected chi connectivity index (χ2v) is 3.74. The molecule has 1 aliphatic heterocycles. The van der Waals surface area contributed by atoms with E-state index in [0.717, 1.165) is 23.6 Å². The molecule has 88 valence electrons. The molecule has 1 aromatic carbocycles. The van der Waals surface area contributed by atoms with Gasteiger partial charge in [-0.05, 0) is 30.7 Å². The Morgan fingerprint density at radius 3 is 2.94 bits per heavy atom. The molecular formula is C12H17NO3. The van der Waals surface area contributed by atoms with Crippen molar-refractivity contribution >= 4 is 0 Å². The third kappa shape index (κ3) is 2.28. The van der Waals surface area contributed by atoms with E-state index >= 15 is 0 Å². The molecule has 1 atom stereocenters. The van der Waals surface area contributed by atoms with Crippen molar-refractivity contribution in [3.8, 4) is 11.5 Å². The summed E-state index contributed by atoms with van der Waals surface area (Å²) in [4.78, 5) is 0. The maximum atomic E-state index is 9.02. The summed E-state index contributed by atoms with van der Waals surface area (Å²) in [5.41, 5.74) is 1.13. The Bertz CT molecular complexity index is 348. The van der Waals surface area contributed by atoms with E-state index in [0.29, 0.717) is 13.2 Å². The summed E-state index contributed by atoms with van der Waals surface area (Å²) in [6, 6.07) is 6.07. The van der Waals surface area contributed by atoms with Gasteiger partial charge < -0.3 is 19.9 Å². The molecule has 0 spiro atoms. The highest BCUT2D eigenvalue weighted by atomic mass is 16.7. The van der Waals surface area contributed by atoms with E-state index in [1.54, 1.807) is 0 Å². The zero-order valence-corrected chi connectivity index (χ0v) is 9.40. The average Bonchev–Trinajstić information content (AvgIpc) is 2.75. The SMILES string of the molecule is CCNC(CCO)c1ccc2c(c1)OCO2. The number of aliphatic hydroxyl groups is 1. The van der Waals surface area contributed by atoms with Crippen LogP contribution in [0.4, 0.5) is 0 Å². The predicted octanol–water partition coefficient (Wildman–Crippen LogP) is 1.45. The van der Waals surface area contributed by atoms with Crippen LogP contribution in [0.5, 0.6) is 11.5 Å². The Hall–Kier alpha value is -1.26. The molecule has 0 amide bonds. The van der Waals surface area contributed by atoms with Gasteiger partial charge in [-0.2, -0.15) is 0 Å². The van der Waals surface area contributed by atoms with E-state index in [4.69, 9.17) is 14.6 Å². The third-order valence-electron chi connectivity index (χ3n) is 2.67. The van der Waals surface area contributed by atoms with Crippen LogP contribution < -0.4 is 14.8 Å². The van der Waals surface area contributed by atoms with Crippen LogP contribution in [0, 0.1) is 0 Å². The summed E-state index contributed by atoms with van der Waals surface area (Å²) in [5.74, 6) is 1.58. The van der Waals surface area contributed by atoms with Gasteiger partial charge in [-0.15, -0.1) is 0 Å². The van der Waals surface area contributed by atoms with Crippen LogP contribution >= 0.6 is 0 Å². The standard InChI is InChI=1S/C12H17NO3/c1-2-13-10(5-6-14)9-3-4-11-12(7-9)16-8-15-11/h3-4,7,10,13-14H,2,5-6,8H2,1H3. The lowest BCUT2D eigenvalue weighted by molar-refractivity contribution is 0.174. The summed E-state index contributed by atoms with van der Waals surface area (Å²) in [7, 11) is 0.